The van der Waals surface area contributed by atoms with Gasteiger partial charge in [-0.1, -0.05) is 30.3 Å². The number of ether oxygens (including phenoxy) is 1. The number of nitrogens with one attached hydrogen (secondary N) is 1. The lowest BCUT2D eigenvalue weighted by Crippen LogP contribution is -2.33. The standard InChI is InChI=1S/C21H19N3O3/c25-20(23-17-9-10-17)19(15-5-2-1-3-6-15)27-21(26)16-7-11-18(12-8-16)24-14-4-13-22-24/h1-8,11-14,17,19H,9-10H2,(H,23,25). The first-order valence-electron chi connectivity index (χ1n) is 8.87. The summed E-state index contributed by atoms with van der Waals surface area (Å²) in [4.78, 5) is 25.2. The van der Waals surface area contributed by atoms with Crippen molar-refractivity contribution in [1.29, 1.82) is 0 Å². The van der Waals surface area contributed by atoms with Gasteiger partial charge < -0.3 is 10.1 Å². The molecule has 0 aliphatic heterocycles. The lowest BCUT2D eigenvalue weighted by molar-refractivity contribution is -0.130. The maximum atomic E-state index is 12.6. The highest BCUT2D eigenvalue weighted by atomic mass is 16.5. The van der Waals surface area contributed by atoms with Crippen LogP contribution >= 0.6 is 0 Å². The van der Waals surface area contributed by atoms with Crippen molar-refractivity contribution in [3.63, 3.8) is 0 Å². The quantitative estimate of drug-likeness (QED) is 0.685. The van der Waals surface area contributed by atoms with E-state index in [9.17, 15) is 9.59 Å². The Morgan fingerprint density at radius 2 is 1.78 bits per heavy atom. The topological polar surface area (TPSA) is 73.2 Å². The molecule has 0 spiro atoms. The van der Waals surface area contributed by atoms with Crippen molar-refractivity contribution in [2.24, 2.45) is 0 Å². The van der Waals surface area contributed by atoms with Gasteiger partial charge in [0.25, 0.3) is 5.91 Å². The predicted molar refractivity (Wildman–Crippen MR) is 99.3 cm³/mol. The van der Waals surface area contributed by atoms with E-state index in [1.807, 2.05) is 30.5 Å². The van der Waals surface area contributed by atoms with Crippen molar-refractivity contribution in [3.05, 3.63) is 84.2 Å². The van der Waals surface area contributed by atoms with Crippen LogP contribution in [-0.2, 0) is 9.53 Å². The molecule has 6 nitrogen and oxygen atoms in total. The molecule has 1 aliphatic carbocycles. The molecule has 2 aromatic carbocycles. The molecule has 1 N–H and O–H groups in total. The summed E-state index contributed by atoms with van der Waals surface area (Å²) in [6.45, 7) is 0. The van der Waals surface area contributed by atoms with Gasteiger partial charge in [0, 0.05) is 24.0 Å². The highest BCUT2D eigenvalue weighted by molar-refractivity contribution is 5.93. The van der Waals surface area contributed by atoms with Crippen molar-refractivity contribution >= 4 is 11.9 Å². The summed E-state index contributed by atoms with van der Waals surface area (Å²) in [6.07, 6.45) is 4.48. The molecule has 0 radical (unpaired) electrons. The number of nitrogens with zero attached hydrogens (tertiary/aromatic N) is 2. The summed E-state index contributed by atoms with van der Waals surface area (Å²) in [6, 6.07) is 18.0. The van der Waals surface area contributed by atoms with Crippen molar-refractivity contribution in [3.8, 4) is 5.69 Å². The summed E-state index contributed by atoms with van der Waals surface area (Å²) in [5, 5.41) is 7.06. The van der Waals surface area contributed by atoms with Crippen molar-refractivity contribution in [2.75, 3.05) is 0 Å². The smallest absolute Gasteiger partial charge is 0.339 e. The van der Waals surface area contributed by atoms with Crippen LogP contribution in [0.15, 0.2) is 73.1 Å². The maximum Gasteiger partial charge on any atom is 0.339 e. The summed E-state index contributed by atoms with van der Waals surface area (Å²) in [7, 11) is 0. The molecule has 6 heteroatoms. The van der Waals surface area contributed by atoms with Crippen LogP contribution in [-0.4, -0.2) is 27.7 Å². The second-order valence-electron chi connectivity index (χ2n) is 6.48. The van der Waals surface area contributed by atoms with E-state index in [1.165, 1.54) is 0 Å². The lowest BCUT2D eigenvalue weighted by atomic mass is 10.1. The number of hydrogen-bond acceptors (Lipinski definition) is 4. The van der Waals surface area contributed by atoms with Gasteiger partial charge in [-0.15, -0.1) is 0 Å². The Bertz CT molecular complexity index is 917. The van der Waals surface area contributed by atoms with E-state index < -0.39 is 12.1 Å². The van der Waals surface area contributed by atoms with Gasteiger partial charge in [-0.05, 0) is 43.2 Å². The zero-order chi connectivity index (χ0) is 18.6. The zero-order valence-corrected chi connectivity index (χ0v) is 14.6. The van der Waals surface area contributed by atoms with Gasteiger partial charge in [0.1, 0.15) is 0 Å². The largest absolute Gasteiger partial charge is 0.444 e. The highest BCUT2D eigenvalue weighted by Crippen LogP contribution is 2.24. The van der Waals surface area contributed by atoms with Gasteiger partial charge in [-0.3, -0.25) is 4.79 Å². The van der Waals surface area contributed by atoms with E-state index in [0.717, 1.165) is 18.5 Å². The van der Waals surface area contributed by atoms with E-state index in [-0.39, 0.29) is 11.9 Å². The molecular weight excluding hydrogens is 342 g/mol. The summed E-state index contributed by atoms with van der Waals surface area (Å²) >= 11 is 0. The van der Waals surface area contributed by atoms with E-state index in [0.29, 0.717) is 11.1 Å². The van der Waals surface area contributed by atoms with Crippen LogP contribution in [0.5, 0.6) is 0 Å². The number of aromatic nitrogens is 2. The van der Waals surface area contributed by atoms with Crippen LogP contribution in [0.2, 0.25) is 0 Å². The zero-order valence-electron chi connectivity index (χ0n) is 14.6. The number of esters is 1. The minimum Gasteiger partial charge on any atom is -0.444 e. The molecule has 4 rings (SSSR count). The molecule has 1 fully saturated rings. The molecule has 27 heavy (non-hydrogen) atoms. The number of amides is 1. The van der Waals surface area contributed by atoms with Crippen LogP contribution in [0.4, 0.5) is 0 Å². The van der Waals surface area contributed by atoms with Crippen LogP contribution < -0.4 is 5.32 Å². The monoisotopic (exact) mass is 361 g/mol. The minimum atomic E-state index is -0.968. The molecule has 3 aromatic rings. The van der Waals surface area contributed by atoms with Crippen molar-refractivity contribution in [1.82, 2.24) is 15.1 Å². The Morgan fingerprint density at radius 1 is 1.04 bits per heavy atom. The average Bonchev–Trinajstić information content (AvgIpc) is 3.35. The van der Waals surface area contributed by atoms with Crippen LogP contribution in [0.1, 0.15) is 34.9 Å². The van der Waals surface area contributed by atoms with Crippen molar-refractivity contribution < 1.29 is 14.3 Å². The van der Waals surface area contributed by atoms with Crippen LogP contribution in [0, 0.1) is 0 Å². The molecule has 0 bridgehead atoms. The third kappa shape index (κ3) is 4.06. The summed E-state index contributed by atoms with van der Waals surface area (Å²) in [5.74, 6) is -0.827. The molecule has 1 aliphatic rings. The molecule has 1 atom stereocenters. The fraction of sp³-hybridized carbons (Fsp3) is 0.190. The Hall–Kier alpha value is -3.41. The van der Waals surface area contributed by atoms with Gasteiger partial charge in [0.15, 0.2) is 0 Å². The number of carbonyl (C=O) groups excluding carboxylic acids is 2. The highest BCUT2D eigenvalue weighted by Gasteiger charge is 2.31. The maximum absolute atomic E-state index is 12.6. The Morgan fingerprint density at radius 3 is 2.41 bits per heavy atom. The molecule has 1 heterocycles. The Labute approximate surface area is 156 Å². The third-order valence-corrected chi connectivity index (χ3v) is 4.36. The van der Waals surface area contributed by atoms with Gasteiger partial charge >= 0.3 is 5.97 Å². The summed E-state index contributed by atoms with van der Waals surface area (Å²) < 4.78 is 7.27. The Balaban J connectivity index is 1.51. The molecule has 1 amide bonds. The van der Waals surface area contributed by atoms with Gasteiger partial charge in [-0.2, -0.15) is 5.10 Å². The van der Waals surface area contributed by atoms with Crippen molar-refractivity contribution in [2.45, 2.75) is 25.0 Å². The lowest BCUT2D eigenvalue weighted by Gasteiger charge is -2.18. The summed E-state index contributed by atoms with van der Waals surface area (Å²) in [5.41, 5.74) is 1.87. The van der Waals surface area contributed by atoms with E-state index in [1.54, 1.807) is 47.3 Å². The van der Waals surface area contributed by atoms with E-state index >= 15 is 0 Å². The molecule has 1 unspecified atom stereocenters. The number of carbonyl (C=O) groups is 2. The van der Waals surface area contributed by atoms with Gasteiger partial charge in [0.2, 0.25) is 6.10 Å². The fourth-order valence-electron chi connectivity index (χ4n) is 2.75. The van der Waals surface area contributed by atoms with E-state index in [4.69, 9.17) is 4.74 Å². The first kappa shape index (κ1) is 17.0. The average molecular weight is 361 g/mol. The van der Waals surface area contributed by atoms with Gasteiger partial charge in [0.05, 0.1) is 11.3 Å². The molecule has 1 saturated carbocycles. The van der Waals surface area contributed by atoms with Crippen LogP contribution in [0.3, 0.4) is 0 Å². The fourth-order valence-corrected chi connectivity index (χ4v) is 2.75. The normalized spacial score (nSPS) is 14.4. The minimum absolute atomic E-state index is 0.191. The molecule has 136 valence electrons. The number of benzene rings is 2. The first-order chi connectivity index (χ1) is 13.2. The molecule has 1 aromatic heterocycles. The van der Waals surface area contributed by atoms with Crippen LogP contribution in [0.25, 0.3) is 5.69 Å². The predicted octanol–water partition coefficient (Wildman–Crippen LogP) is 3.05. The molecular formula is C21H19N3O3. The first-order valence-corrected chi connectivity index (χ1v) is 8.87. The number of rotatable bonds is 6. The van der Waals surface area contributed by atoms with Gasteiger partial charge in [-0.25, -0.2) is 9.48 Å². The third-order valence-electron chi connectivity index (χ3n) is 4.36. The second kappa shape index (κ2) is 7.45. The second-order valence-corrected chi connectivity index (χ2v) is 6.48. The SMILES string of the molecule is O=C(OC(C(=O)NC1CC1)c1ccccc1)c1ccc(-n2cccn2)cc1. The van der Waals surface area contributed by atoms with E-state index in [2.05, 4.69) is 10.4 Å². The number of hydrogen-bond donors (Lipinski definition) is 1. The molecule has 0 saturated heterocycles. The Kier molecular flexibility index (Phi) is 4.70.